The molecule has 0 bridgehead atoms. The highest BCUT2D eigenvalue weighted by molar-refractivity contribution is 7.89. The third-order valence-corrected chi connectivity index (χ3v) is 4.87. The van der Waals surface area contributed by atoms with Gasteiger partial charge in [0.1, 0.15) is 22.4 Å². The van der Waals surface area contributed by atoms with Crippen LogP contribution in [0.15, 0.2) is 17.0 Å². The Labute approximate surface area is 139 Å². The van der Waals surface area contributed by atoms with Gasteiger partial charge in [-0.15, -0.1) is 0 Å². The fourth-order valence-electron chi connectivity index (χ4n) is 2.16. The van der Waals surface area contributed by atoms with E-state index in [0.717, 1.165) is 0 Å². The maximum absolute atomic E-state index is 12.6. The molecule has 1 atom stereocenters. The number of amides is 1. The standard InChI is InChI=1S/C14H18N2O7S/c1-7(2)13(14(18)19)16-24(20,21)11-5-9-8(4-10(11)22-3)15-12(17)6-23-9/h4-5,7,13,16H,6H2,1-3H3,(H,15,17)(H,18,19)/t13-/m1/s1. The first-order chi connectivity index (χ1) is 11.2. The lowest BCUT2D eigenvalue weighted by molar-refractivity contribution is -0.140. The quantitative estimate of drug-likeness (QED) is 0.671. The van der Waals surface area contributed by atoms with Crippen molar-refractivity contribution in [2.45, 2.75) is 24.8 Å². The van der Waals surface area contributed by atoms with Crippen LogP contribution in [-0.2, 0) is 19.6 Å². The number of carbonyl (C=O) groups excluding carboxylic acids is 1. The first-order valence-corrected chi connectivity index (χ1v) is 8.54. The Kier molecular flexibility index (Phi) is 4.99. The minimum atomic E-state index is -4.19. The zero-order valence-electron chi connectivity index (χ0n) is 13.3. The smallest absolute Gasteiger partial charge is 0.322 e. The van der Waals surface area contributed by atoms with Crippen LogP contribution >= 0.6 is 0 Å². The molecule has 0 aliphatic carbocycles. The van der Waals surface area contributed by atoms with E-state index in [9.17, 15) is 23.1 Å². The summed E-state index contributed by atoms with van der Waals surface area (Å²) >= 11 is 0. The molecule has 2 rings (SSSR count). The number of benzene rings is 1. The zero-order valence-corrected chi connectivity index (χ0v) is 14.1. The highest BCUT2D eigenvalue weighted by atomic mass is 32.2. The summed E-state index contributed by atoms with van der Waals surface area (Å²) in [5.74, 6) is -2.00. The molecule has 0 saturated carbocycles. The monoisotopic (exact) mass is 358 g/mol. The van der Waals surface area contributed by atoms with Crippen molar-refractivity contribution in [3.63, 3.8) is 0 Å². The average molecular weight is 358 g/mol. The van der Waals surface area contributed by atoms with Crippen LogP contribution in [0.5, 0.6) is 11.5 Å². The predicted molar refractivity (Wildman–Crippen MR) is 83.7 cm³/mol. The van der Waals surface area contributed by atoms with Gasteiger partial charge in [0.2, 0.25) is 10.0 Å². The van der Waals surface area contributed by atoms with Gasteiger partial charge < -0.3 is 19.9 Å². The van der Waals surface area contributed by atoms with E-state index in [2.05, 4.69) is 10.0 Å². The molecule has 1 aromatic rings. The molecule has 0 fully saturated rings. The number of fused-ring (bicyclic) bond motifs is 1. The molecule has 3 N–H and O–H groups in total. The largest absolute Gasteiger partial charge is 0.495 e. The molecular weight excluding hydrogens is 340 g/mol. The van der Waals surface area contributed by atoms with Gasteiger partial charge in [0, 0.05) is 12.1 Å². The molecule has 1 aromatic carbocycles. The van der Waals surface area contributed by atoms with Crippen molar-refractivity contribution in [3.05, 3.63) is 12.1 Å². The molecule has 1 heterocycles. The lowest BCUT2D eigenvalue weighted by Gasteiger charge is -2.22. The van der Waals surface area contributed by atoms with E-state index >= 15 is 0 Å². The minimum absolute atomic E-state index is 0.0417. The van der Waals surface area contributed by atoms with Crippen molar-refractivity contribution in [1.82, 2.24) is 4.72 Å². The van der Waals surface area contributed by atoms with Gasteiger partial charge in [-0.2, -0.15) is 4.72 Å². The Balaban J connectivity index is 2.46. The number of carbonyl (C=O) groups is 2. The number of carboxylic acids is 1. The van der Waals surface area contributed by atoms with E-state index in [4.69, 9.17) is 9.47 Å². The normalized spacial score (nSPS) is 15.2. The second kappa shape index (κ2) is 6.65. The van der Waals surface area contributed by atoms with Crippen molar-refractivity contribution >= 4 is 27.6 Å². The third kappa shape index (κ3) is 3.60. The third-order valence-electron chi connectivity index (χ3n) is 3.40. The number of hydrogen-bond donors (Lipinski definition) is 3. The van der Waals surface area contributed by atoms with Crippen LogP contribution in [0, 0.1) is 5.92 Å². The molecule has 132 valence electrons. The maximum atomic E-state index is 12.6. The molecule has 1 amide bonds. The van der Waals surface area contributed by atoms with E-state index in [1.165, 1.54) is 19.2 Å². The van der Waals surface area contributed by atoms with Gasteiger partial charge in [-0.05, 0) is 5.92 Å². The van der Waals surface area contributed by atoms with Gasteiger partial charge in [0.15, 0.2) is 6.61 Å². The van der Waals surface area contributed by atoms with Gasteiger partial charge in [0.25, 0.3) is 5.91 Å². The average Bonchev–Trinajstić information content (AvgIpc) is 2.50. The topological polar surface area (TPSA) is 131 Å². The fraction of sp³-hybridized carbons (Fsp3) is 0.429. The summed E-state index contributed by atoms with van der Waals surface area (Å²) in [6, 6.07) is 1.21. The van der Waals surface area contributed by atoms with E-state index < -0.39 is 28.0 Å². The number of nitrogens with one attached hydrogen (secondary N) is 2. The summed E-state index contributed by atoms with van der Waals surface area (Å²) in [4.78, 5) is 22.3. The van der Waals surface area contributed by atoms with E-state index in [1.54, 1.807) is 13.8 Å². The SMILES string of the molecule is COc1cc2c(cc1S(=O)(=O)N[C@@H](C(=O)O)C(C)C)OCC(=O)N2. The molecular formula is C14H18N2O7S. The van der Waals surface area contributed by atoms with Gasteiger partial charge in [0.05, 0.1) is 12.8 Å². The molecule has 0 unspecified atom stereocenters. The van der Waals surface area contributed by atoms with Crippen molar-refractivity contribution in [1.29, 1.82) is 0 Å². The lowest BCUT2D eigenvalue weighted by Crippen LogP contribution is -2.44. The molecule has 24 heavy (non-hydrogen) atoms. The first kappa shape index (κ1) is 18.0. The van der Waals surface area contributed by atoms with Crippen LogP contribution in [0.2, 0.25) is 0 Å². The number of methoxy groups -OCH3 is 1. The number of anilines is 1. The van der Waals surface area contributed by atoms with Gasteiger partial charge in [-0.1, -0.05) is 13.8 Å². The van der Waals surface area contributed by atoms with Crippen molar-refractivity contribution < 1.29 is 32.6 Å². The Morgan fingerprint density at radius 1 is 1.42 bits per heavy atom. The summed E-state index contributed by atoms with van der Waals surface area (Å²) < 4.78 is 37.6. The minimum Gasteiger partial charge on any atom is -0.495 e. The first-order valence-electron chi connectivity index (χ1n) is 7.05. The summed E-state index contributed by atoms with van der Waals surface area (Å²) in [6.07, 6.45) is 0. The number of carboxylic acid groups (broad SMARTS) is 1. The molecule has 0 spiro atoms. The molecule has 1 aliphatic heterocycles. The Hall–Kier alpha value is -2.33. The van der Waals surface area contributed by atoms with Crippen LogP contribution in [0.3, 0.4) is 0 Å². The lowest BCUT2D eigenvalue weighted by atomic mass is 10.1. The number of sulfonamides is 1. The summed E-state index contributed by atoms with van der Waals surface area (Å²) in [6.45, 7) is 2.93. The van der Waals surface area contributed by atoms with Crippen LogP contribution in [0.4, 0.5) is 5.69 Å². The van der Waals surface area contributed by atoms with E-state index in [1.807, 2.05) is 0 Å². The van der Waals surface area contributed by atoms with Gasteiger partial charge in [-0.25, -0.2) is 8.42 Å². The Morgan fingerprint density at radius 3 is 2.62 bits per heavy atom. The Bertz CT molecular complexity index is 774. The summed E-state index contributed by atoms with van der Waals surface area (Å²) in [7, 11) is -2.92. The predicted octanol–water partition coefficient (Wildman–Crippen LogP) is 0.414. The number of rotatable bonds is 6. The van der Waals surface area contributed by atoms with Crippen LogP contribution in [0.25, 0.3) is 0 Å². The highest BCUT2D eigenvalue weighted by Crippen LogP contribution is 2.37. The summed E-state index contributed by atoms with van der Waals surface area (Å²) in [5, 5.41) is 11.7. The summed E-state index contributed by atoms with van der Waals surface area (Å²) in [5.41, 5.74) is 0.278. The van der Waals surface area contributed by atoms with Crippen LogP contribution in [0.1, 0.15) is 13.8 Å². The number of aliphatic carboxylic acids is 1. The van der Waals surface area contributed by atoms with Gasteiger partial charge >= 0.3 is 5.97 Å². The second-order valence-electron chi connectivity index (χ2n) is 5.52. The highest BCUT2D eigenvalue weighted by Gasteiger charge is 2.31. The number of ether oxygens (including phenoxy) is 2. The molecule has 0 radical (unpaired) electrons. The van der Waals surface area contributed by atoms with Crippen LogP contribution < -0.4 is 19.5 Å². The molecule has 9 nitrogen and oxygen atoms in total. The fourth-order valence-corrected chi connectivity index (χ4v) is 3.66. The Morgan fingerprint density at radius 2 is 2.08 bits per heavy atom. The molecule has 0 aromatic heterocycles. The van der Waals surface area contributed by atoms with Crippen molar-refractivity contribution in [2.24, 2.45) is 5.92 Å². The molecule has 1 aliphatic rings. The van der Waals surface area contributed by atoms with Crippen molar-refractivity contribution in [2.75, 3.05) is 19.0 Å². The van der Waals surface area contributed by atoms with Gasteiger partial charge in [-0.3, -0.25) is 9.59 Å². The maximum Gasteiger partial charge on any atom is 0.322 e. The van der Waals surface area contributed by atoms with E-state index in [-0.39, 0.29) is 34.6 Å². The van der Waals surface area contributed by atoms with Crippen molar-refractivity contribution in [3.8, 4) is 11.5 Å². The molecule has 0 saturated heterocycles. The zero-order chi connectivity index (χ0) is 18.1. The number of hydrogen-bond acceptors (Lipinski definition) is 6. The van der Waals surface area contributed by atoms with E-state index in [0.29, 0.717) is 0 Å². The second-order valence-corrected chi connectivity index (χ2v) is 7.20. The van der Waals surface area contributed by atoms with Crippen LogP contribution in [-0.4, -0.2) is 45.2 Å². The molecule has 10 heteroatoms.